The second-order valence-electron chi connectivity index (χ2n) is 17.0. The average molecular weight is 734 g/mol. The molecule has 0 aliphatic carbocycles. The molecular formula is C36H62Cl2P2Pd. The summed E-state index contributed by atoms with van der Waals surface area (Å²) in [6.45, 7) is 42.4. The van der Waals surface area contributed by atoms with E-state index >= 15 is 0 Å². The van der Waals surface area contributed by atoms with E-state index in [1.54, 1.807) is 10.6 Å². The van der Waals surface area contributed by atoms with Crippen LogP contribution >= 0.6 is 34.9 Å². The Morgan fingerprint density at radius 1 is 0.439 bits per heavy atom. The first-order valence-corrected chi connectivity index (χ1v) is 21.4. The third kappa shape index (κ3) is 14.5. The maximum absolute atomic E-state index is 4.81. The monoisotopic (exact) mass is 732 g/mol. The summed E-state index contributed by atoms with van der Waals surface area (Å²) >= 11 is -0.106. The molecule has 0 saturated heterocycles. The normalized spacial score (nSPS) is 13.5. The summed E-state index contributed by atoms with van der Waals surface area (Å²) in [5.74, 6) is 0. The van der Waals surface area contributed by atoms with Crippen LogP contribution in [0.5, 0.6) is 0 Å². The molecule has 0 bridgehead atoms. The van der Waals surface area contributed by atoms with Gasteiger partial charge >= 0.3 is 35.0 Å². The number of halogens is 2. The van der Waals surface area contributed by atoms with Gasteiger partial charge in [-0.05, 0) is 53.2 Å². The molecule has 0 aromatic heterocycles. The van der Waals surface area contributed by atoms with Gasteiger partial charge in [-0.2, -0.15) is 0 Å². The van der Waals surface area contributed by atoms with Crippen molar-refractivity contribution < 1.29 is 15.9 Å². The van der Waals surface area contributed by atoms with E-state index in [0.29, 0.717) is 20.6 Å². The van der Waals surface area contributed by atoms with Crippen LogP contribution in [-0.2, 0) is 26.8 Å². The van der Waals surface area contributed by atoms with Crippen molar-refractivity contribution in [2.75, 3.05) is 0 Å². The summed E-state index contributed by atoms with van der Waals surface area (Å²) in [7, 11) is 9.23. The first kappa shape index (κ1) is 41.5. The van der Waals surface area contributed by atoms with Gasteiger partial charge in [0.05, 0.1) is 0 Å². The Balaban J connectivity index is 0.000000712. The molecule has 2 aromatic rings. The number of rotatable bonds is 2. The first-order valence-electron chi connectivity index (χ1n) is 14.7. The summed E-state index contributed by atoms with van der Waals surface area (Å²) in [4.78, 5) is 0. The predicted octanol–water partition coefficient (Wildman–Crippen LogP) is 12.8. The van der Waals surface area contributed by atoms with Gasteiger partial charge in [0.2, 0.25) is 0 Å². The van der Waals surface area contributed by atoms with Crippen LogP contribution in [0.15, 0.2) is 48.5 Å². The van der Waals surface area contributed by atoms with Gasteiger partial charge in [0, 0.05) is 0 Å². The molecular weight excluding hydrogens is 672 g/mol. The fraction of sp³-hybridized carbons (Fsp3) is 0.667. The molecule has 0 N–H and O–H groups in total. The third-order valence-electron chi connectivity index (χ3n) is 6.62. The van der Waals surface area contributed by atoms with Crippen LogP contribution < -0.4 is 10.6 Å². The van der Waals surface area contributed by atoms with E-state index in [1.807, 2.05) is 0 Å². The van der Waals surface area contributed by atoms with E-state index in [1.165, 1.54) is 11.1 Å². The van der Waals surface area contributed by atoms with Crippen molar-refractivity contribution in [2.24, 2.45) is 0 Å². The summed E-state index contributed by atoms with van der Waals surface area (Å²) in [5, 5.41) is 4.44. The molecule has 41 heavy (non-hydrogen) atoms. The molecule has 0 fully saturated rings. The standard InChI is InChI=1S/2C18H31P.2ClH.Pd/c2*1-16(2,3)14-11-10-12-15(13-14)19(17(4,5)6)18(7,8)9;;;/h2*10-13H,1-9H3;2*1H;/q;;;;+2/p-2. The Labute approximate surface area is 275 Å². The van der Waals surface area contributed by atoms with Crippen molar-refractivity contribution in [2.45, 2.75) is 156 Å². The van der Waals surface area contributed by atoms with Crippen LogP contribution in [0, 0.1) is 0 Å². The molecule has 2 aromatic carbocycles. The van der Waals surface area contributed by atoms with Crippen molar-refractivity contribution in [3.05, 3.63) is 59.7 Å². The maximum atomic E-state index is 4.81. The van der Waals surface area contributed by atoms with Gasteiger partial charge in [0.1, 0.15) is 0 Å². The zero-order chi connectivity index (χ0) is 32.8. The third-order valence-corrected chi connectivity index (χ3v) is 13.6. The summed E-state index contributed by atoms with van der Waals surface area (Å²) < 4.78 is 0. The number of hydrogen-bond acceptors (Lipinski definition) is 0. The molecule has 0 aliphatic rings. The average Bonchev–Trinajstić information content (AvgIpc) is 2.70. The molecule has 2 rings (SSSR count). The van der Waals surface area contributed by atoms with Gasteiger partial charge in [0.25, 0.3) is 0 Å². The summed E-state index contributed by atoms with van der Waals surface area (Å²) in [5.41, 5.74) is 3.36. The Morgan fingerprint density at radius 3 is 0.829 bits per heavy atom. The Morgan fingerprint density at radius 2 is 0.659 bits per heavy atom. The van der Waals surface area contributed by atoms with Crippen molar-refractivity contribution in [1.29, 1.82) is 0 Å². The molecule has 0 saturated carbocycles. The first-order chi connectivity index (χ1) is 18.1. The van der Waals surface area contributed by atoms with Crippen molar-refractivity contribution in [3.8, 4) is 0 Å². The fourth-order valence-electron chi connectivity index (χ4n) is 5.78. The SMILES string of the molecule is CC(C)(C)c1cccc(P(C(C)(C)C)C(C)(C)C)c1.CC(C)(C)c1cccc(P(C(C)(C)C)C(C)(C)C)c1.[Cl][Pd][Cl]. The van der Waals surface area contributed by atoms with Crippen molar-refractivity contribution in [1.82, 2.24) is 0 Å². The summed E-state index contributed by atoms with van der Waals surface area (Å²) in [6, 6.07) is 18.6. The molecule has 0 radical (unpaired) electrons. The number of benzene rings is 2. The molecule has 240 valence electrons. The predicted molar refractivity (Wildman–Crippen MR) is 194 cm³/mol. The topological polar surface area (TPSA) is 0 Å². The van der Waals surface area contributed by atoms with E-state index in [-0.39, 0.29) is 42.6 Å². The molecule has 0 aliphatic heterocycles. The molecule has 0 atom stereocenters. The number of hydrogen-bond donors (Lipinski definition) is 0. The van der Waals surface area contributed by atoms with Gasteiger partial charge < -0.3 is 0 Å². The van der Waals surface area contributed by atoms with Crippen LogP contribution in [0.4, 0.5) is 0 Å². The molecule has 0 spiro atoms. The van der Waals surface area contributed by atoms with Crippen LogP contribution in [0.25, 0.3) is 0 Å². The van der Waals surface area contributed by atoms with E-state index in [2.05, 4.69) is 173 Å². The fourth-order valence-corrected chi connectivity index (χ4v) is 13.9. The van der Waals surface area contributed by atoms with Crippen molar-refractivity contribution >= 4 is 45.5 Å². The van der Waals surface area contributed by atoms with E-state index in [4.69, 9.17) is 19.1 Å². The Hall–Kier alpha value is 0.542. The van der Waals surface area contributed by atoms with Crippen LogP contribution in [0.2, 0.25) is 0 Å². The molecule has 5 heteroatoms. The molecule has 0 nitrogen and oxygen atoms in total. The molecule has 0 unspecified atom stereocenters. The van der Waals surface area contributed by atoms with Crippen LogP contribution in [0.1, 0.15) is 136 Å². The van der Waals surface area contributed by atoms with E-state index < -0.39 is 0 Å². The minimum absolute atomic E-state index is 0.106. The molecule has 0 heterocycles. The van der Waals surface area contributed by atoms with E-state index in [9.17, 15) is 0 Å². The van der Waals surface area contributed by atoms with Gasteiger partial charge in [-0.3, -0.25) is 0 Å². The van der Waals surface area contributed by atoms with Crippen LogP contribution in [-0.4, -0.2) is 20.6 Å². The zero-order valence-electron chi connectivity index (χ0n) is 29.6. The zero-order valence-corrected chi connectivity index (χ0v) is 34.4. The molecule has 0 amide bonds. The van der Waals surface area contributed by atoms with E-state index in [0.717, 1.165) is 0 Å². The van der Waals surface area contributed by atoms with Crippen molar-refractivity contribution in [3.63, 3.8) is 0 Å². The van der Waals surface area contributed by atoms with Gasteiger partial charge in [-0.25, -0.2) is 0 Å². The second kappa shape index (κ2) is 15.7. The Bertz CT molecular complexity index is 940. The quantitative estimate of drug-likeness (QED) is 0.213. The van der Waals surface area contributed by atoms with Gasteiger partial charge in [-0.15, -0.1) is 0 Å². The second-order valence-corrected chi connectivity index (χ2v) is 27.1. The Kier molecular flexibility index (Phi) is 15.9. The van der Waals surface area contributed by atoms with Gasteiger partial charge in [-0.1, -0.05) is 189 Å². The van der Waals surface area contributed by atoms with Crippen LogP contribution in [0.3, 0.4) is 0 Å². The van der Waals surface area contributed by atoms with Gasteiger partial charge in [0.15, 0.2) is 0 Å². The summed E-state index contributed by atoms with van der Waals surface area (Å²) in [6.07, 6.45) is 0. The minimum atomic E-state index is -0.201.